The fraction of sp³-hybridized carbons (Fsp3) is 0.353. The largest absolute Gasteiger partial charge is 0.468 e. The lowest BCUT2D eigenvalue weighted by molar-refractivity contribution is 0.258. The summed E-state index contributed by atoms with van der Waals surface area (Å²) in [5.74, 6) is 1.72. The number of benzene rings is 1. The predicted molar refractivity (Wildman–Crippen MR) is 105 cm³/mol. The monoisotopic (exact) mass is 428 g/mol. The molecule has 0 bridgehead atoms. The number of rotatable bonds is 6. The first-order valence-electron chi connectivity index (χ1n) is 7.39. The molecule has 0 aliphatic rings. The molecule has 0 fully saturated rings. The van der Waals surface area contributed by atoms with Crippen molar-refractivity contribution in [3.8, 4) is 0 Å². The molecule has 1 aromatic heterocycles. The van der Waals surface area contributed by atoms with Crippen molar-refractivity contribution < 1.29 is 4.42 Å². The van der Waals surface area contributed by atoms with Crippen LogP contribution in [-0.2, 0) is 6.54 Å². The van der Waals surface area contributed by atoms with Gasteiger partial charge in [-0.3, -0.25) is 9.89 Å². The molecule has 0 saturated heterocycles. The fourth-order valence-corrected chi connectivity index (χ4v) is 2.21. The van der Waals surface area contributed by atoms with Crippen molar-refractivity contribution in [1.82, 2.24) is 15.5 Å². The smallest absolute Gasteiger partial charge is 0.191 e. The minimum atomic E-state index is 0. The first-order valence-corrected chi connectivity index (χ1v) is 7.39. The Kier molecular flexibility index (Phi) is 8.71. The van der Waals surface area contributed by atoms with E-state index in [4.69, 9.17) is 4.42 Å². The standard InChI is InChI=1S/C17H24N4O.HI/c1-18-17(19-12-14-8-5-4-6-9-14)20-13-15(21(2)3)16-10-7-11-22-16;/h4-11,15H,12-13H2,1-3H3,(H2,18,19,20);1H. The molecule has 2 rings (SSSR count). The molecule has 1 unspecified atom stereocenters. The minimum Gasteiger partial charge on any atom is -0.468 e. The molecule has 126 valence electrons. The van der Waals surface area contributed by atoms with Crippen LogP contribution in [-0.4, -0.2) is 38.5 Å². The number of nitrogens with zero attached hydrogens (tertiary/aromatic N) is 2. The highest BCUT2D eigenvalue weighted by atomic mass is 127. The summed E-state index contributed by atoms with van der Waals surface area (Å²) in [6.45, 7) is 1.46. The molecule has 2 N–H and O–H groups in total. The Morgan fingerprint density at radius 2 is 1.87 bits per heavy atom. The van der Waals surface area contributed by atoms with Gasteiger partial charge in [-0.05, 0) is 31.8 Å². The van der Waals surface area contributed by atoms with E-state index in [1.165, 1.54) is 5.56 Å². The summed E-state index contributed by atoms with van der Waals surface area (Å²) in [7, 11) is 5.85. The summed E-state index contributed by atoms with van der Waals surface area (Å²) in [5, 5.41) is 6.66. The Bertz CT molecular complexity index is 570. The third kappa shape index (κ3) is 6.23. The molecule has 2 aromatic rings. The molecule has 6 heteroatoms. The number of furan rings is 1. The van der Waals surface area contributed by atoms with Crippen LogP contribution in [0.1, 0.15) is 17.4 Å². The van der Waals surface area contributed by atoms with Gasteiger partial charge in [0.1, 0.15) is 5.76 Å². The van der Waals surface area contributed by atoms with E-state index in [1.54, 1.807) is 13.3 Å². The Balaban J connectivity index is 0.00000264. The van der Waals surface area contributed by atoms with E-state index >= 15 is 0 Å². The highest BCUT2D eigenvalue weighted by Crippen LogP contribution is 2.17. The molecule has 1 atom stereocenters. The normalized spacial score (nSPS) is 12.6. The third-order valence-electron chi connectivity index (χ3n) is 3.48. The average molecular weight is 428 g/mol. The van der Waals surface area contributed by atoms with E-state index in [0.717, 1.165) is 24.8 Å². The second kappa shape index (κ2) is 10.3. The zero-order chi connectivity index (χ0) is 15.8. The molecule has 23 heavy (non-hydrogen) atoms. The van der Waals surface area contributed by atoms with Gasteiger partial charge in [-0.15, -0.1) is 24.0 Å². The summed E-state index contributed by atoms with van der Waals surface area (Å²) in [4.78, 5) is 6.38. The lowest BCUT2D eigenvalue weighted by Crippen LogP contribution is -2.41. The molecule has 0 radical (unpaired) electrons. The van der Waals surface area contributed by atoms with Gasteiger partial charge >= 0.3 is 0 Å². The number of aliphatic imine (C=N–C) groups is 1. The molecule has 0 spiro atoms. The maximum absolute atomic E-state index is 5.51. The Labute approximate surface area is 155 Å². The van der Waals surface area contributed by atoms with E-state index in [-0.39, 0.29) is 30.0 Å². The maximum Gasteiger partial charge on any atom is 0.191 e. The van der Waals surface area contributed by atoms with Crippen LogP contribution in [0.2, 0.25) is 0 Å². The van der Waals surface area contributed by atoms with Crippen molar-refractivity contribution in [2.24, 2.45) is 4.99 Å². The summed E-state index contributed by atoms with van der Waals surface area (Å²) < 4.78 is 5.51. The third-order valence-corrected chi connectivity index (χ3v) is 3.48. The zero-order valence-corrected chi connectivity index (χ0v) is 16.2. The quantitative estimate of drug-likeness (QED) is 0.422. The van der Waals surface area contributed by atoms with Crippen LogP contribution >= 0.6 is 24.0 Å². The lowest BCUT2D eigenvalue weighted by atomic mass is 10.2. The van der Waals surface area contributed by atoms with Crippen LogP contribution in [0.5, 0.6) is 0 Å². The summed E-state index contributed by atoms with van der Waals surface area (Å²) in [6.07, 6.45) is 1.70. The molecule has 0 amide bonds. The van der Waals surface area contributed by atoms with Gasteiger partial charge in [0.15, 0.2) is 5.96 Å². The topological polar surface area (TPSA) is 52.8 Å². The molecule has 5 nitrogen and oxygen atoms in total. The van der Waals surface area contributed by atoms with Crippen molar-refractivity contribution in [2.45, 2.75) is 12.6 Å². The van der Waals surface area contributed by atoms with E-state index < -0.39 is 0 Å². The van der Waals surface area contributed by atoms with Gasteiger partial charge in [-0.1, -0.05) is 30.3 Å². The van der Waals surface area contributed by atoms with Crippen molar-refractivity contribution >= 4 is 29.9 Å². The molecule has 0 saturated carbocycles. The zero-order valence-electron chi connectivity index (χ0n) is 13.8. The van der Waals surface area contributed by atoms with Gasteiger partial charge in [0.2, 0.25) is 0 Å². The van der Waals surface area contributed by atoms with Gasteiger partial charge < -0.3 is 15.1 Å². The molecule has 1 heterocycles. The second-order valence-electron chi connectivity index (χ2n) is 5.29. The van der Waals surface area contributed by atoms with Gasteiger partial charge in [0.05, 0.1) is 12.3 Å². The Morgan fingerprint density at radius 1 is 1.13 bits per heavy atom. The number of hydrogen-bond acceptors (Lipinski definition) is 3. The number of halogens is 1. The molecule has 1 aromatic carbocycles. The minimum absolute atomic E-state index is 0. The van der Waals surface area contributed by atoms with Gasteiger partial charge in [0.25, 0.3) is 0 Å². The molecule has 0 aliphatic carbocycles. The van der Waals surface area contributed by atoms with Gasteiger partial charge in [-0.2, -0.15) is 0 Å². The van der Waals surface area contributed by atoms with Gasteiger partial charge in [-0.25, -0.2) is 0 Å². The summed E-state index contributed by atoms with van der Waals surface area (Å²) in [6, 6.07) is 14.3. The first-order chi connectivity index (χ1) is 10.7. The number of nitrogens with one attached hydrogen (secondary N) is 2. The maximum atomic E-state index is 5.51. The van der Waals surface area contributed by atoms with E-state index in [2.05, 4.69) is 32.7 Å². The number of hydrogen-bond donors (Lipinski definition) is 2. The molecule has 0 aliphatic heterocycles. The lowest BCUT2D eigenvalue weighted by Gasteiger charge is -2.23. The fourth-order valence-electron chi connectivity index (χ4n) is 2.21. The van der Waals surface area contributed by atoms with E-state index in [0.29, 0.717) is 0 Å². The van der Waals surface area contributed by atoms with E-state index in [1.807, 2.05) is 44.4 Å². The predicted octanol–water partition coefficient (Wildman–Crippen LogP) is 2.87. The molecular weight excluding hydrogens is 403 g/mol. The van der Waals surface area contributed by atoms with Crippen LogP contribution in [0.25, 0.3) is 0 Å². The van der Waals surface area contributed by atoms with Crippen molar-refractivity contribution in [3.63, 3.8) is 0 Å². The number of likely N-dealkylation sites (N-methyl/N-ethyl adjacent to an activating group) is 1. The average Bonchev–Trinajstić information content (AvgIpc) is 3.05. The van der Waals surface area contributed by atoms with Crippen LogP contribution in [0.3, 0.4) is 0 Å². The first kappa shape index (κ1) is 19.5. The number of guanidine groups is 1. The van der Waals surface area contributed by atoms with Crippen LogP contribution in [0.4, 0.5) is 0 Å². The SMILES string of the molecule is CN=C(NCc1ccccc1)NCC(c1ccco1)N(C)C.I. The summed E-state index contributed by atoms with van der Waals surface area (Å²) >= 11 is 0. The van der Waals surface area contributed by atoms with Crippen molar-refractivity contribution in [2.75, 3.05) is 27.7 Å². The van der Waals surface area contributed by atoms with Crippen molar-refractivity contribution in [1.29, 1.82) is 0 Å². The van der Waals surface area contributed by atoms with Crippen LogP contribution < -0.4 is 10.6 Å². The Morgan fingerprint density at radius 3 is 2.43 bits per heavy atom. The summed E-state index contributed by atoms with van der Waals surface area (Å²) in [5.41, 5.74) is 1.22. The van der Waals surface area contributed by atoms with Crippen LogP contribution in [0, 0.1) is 0 Å². The van der Waals surface area contributed by atoms with E-state index in [9.17, 15) is 0 Å². The Hall–Kier alpha value is -1.54. The highest BCUT2D eigenvalue weighted by Gasteiger charge is 2.17. The van der Waals surface area contributed by atoms with Gasteiger partial charge in [0, 0.05) is 20.1 Å². The van der Waals surface area contributed by atoms with Crippen LogP contribution in [0.15, 0.2) is 58.1 Å². The highest BCUT2D eigenvalue weighted by molar-refractivity contribution is 14.0. The molecular formula is C17H25IN4O. The van der Waals surface area contributed by atoms with Crippen molar-refractivity contribution in [3.05, 3.63) is 60.1 Å². The second-order valence-corrected chi connectivity index (χ2v) is 5.29.